The highest BCUT2D eigenvalue weighted by molar-refractivity contribution is 7.89. The highest BCUT2D eigenvalue weighted by Crippen LogP contribution is 2.23. The number of amides is 2. The van der Waals surface area contributed by atoms with Crippen LogP contribution in [0.1, 0.15) is 24.8 Å². The lowest BCUT2D eigenvalue weighted by Crippen LogP contribution is -2.29. The van der Waals surface area contributed by atoms with Crippen LogP contribution in [0.5, 0.6) is 0 Å². The monoisotopic (exact) mass is 373 g/mol. The van der Waals surface area contributed by atoms with E-state index in [0.29, 0.717) is 18.7 Å². The summed E-state index contributed by atoms with van der Waals surface area (Å²) >= 11 is 0. The summed E-state index contributed by atoms with van der Waals surface area (Å²) in [7, 11) is -3.64. The van der Waals surface area contributed by atoms with Gasteiger partial charge in [-0.1, -0.05) is 6.07 Å². The number of carbonyl (C=O) groups is 2. The van der Waals surface area contributed by atoms with Gasteiger partial charge < -0.3 is 0 Å². The SMILES string of the molecule is O=C1CCC(=O)N1c1ccc(S(=O)(=O)NCCCc2cccnc2)cc1. The van der Waals surface area contributed by atoms with Gasteiger partial charge in [-0.05, 0) is 48.7 Å². The van der Waals surface area contributed by atoms with Crippen molar-refractivity contribution in [2.45, 2.75) is 30.6 Å². The Morgan fingerprint density at radius 3 is 2.35 bits per heavy atom. The molecule has 7 nitrogen and oxygen atoms in total. The van der Waals surface area contributed by atoms with E-state index >= 15 is 0 Å². The van der Waals surface area contributed by atoms with Crippen molar-refractivity contribution in [3.8, 4) is 0 Å². The van der Waals surface area contributed by atoms with E-state index < -0.39 is 10.0 Å². The molecule has 2 heterocycles. The summed E-state index contributed by atoms with van der Waals surface area (Å²) in [5.41, 5.74) is 1.45. The number of benzene rings is 1. The van der Waals surface area contributed by atoms with Crippen molar-refractivity contribution in [2.24, 2.45) is 0 Å². The predicted molar refractivity (Wildman–Crippen MR) is 95.9 cm³/mol. The lowest BCUT2D eigenvalue weighted by molar-refractivity contribution is -0.121. The molecular weight excluding hydrogens is 354 g/mol. The lowest BCUT2D eigenvalue weighted by Gasteiger charge is -2.14. The first-order valence-corrected chi connectivity index (χ1v) is 9.80. The number of hydrogen-bond acceptors (Lipinski definition) is 5. The molecule has 1 fully saturated rings. The minimum absolute atomic E-state index is 0.0988. The first-order chi connectivity index (χ1) is 12.5. The molecule has 0 saturated carbocycles. The summed E-state index contributed by atoms with van der Waals surface area (Å²) in [6, 6.07) is 9.55. The number of imide groups is 1. The van der Waals surface area contributed by atoms with Crippen molar-refractivity contribution < 1.29 is 18.0 Å². The molecule has 3 rings (SSSR count). The largest absolute Gasteiger partial charge is 0.274 e. The Kier molecular flexibility index (Phi) is 5.43. The number of nitrogens with one attached hydrogen (secondary N) is 1. The molecule has 26 heavy (non-hydrogen) atoms. The molecule has 0 radical (unpaired) electrons. The Labute approximate surface area is 152 Å². The molecule has 2 amide bonds. The van der Waals surface area contributed by atoms with Gasteiger partial charge in [-0.2, -0.15) is 0 Å². The van der Waals surface area contributed by atoms with Crippen LogP contribution in [0.25, 0.3) is 0 Å². The predicted octanol–water partition coefficient (Wildman–Crippen LogP) is 1.65. The van der Waals surface area contributed by atoms with Crippen LogP contribution >= 0.6 is 0 Å². The Balaban J connectivity index is 1.59. The number of sulfonamides is 1. The molecule has 1 aliphatic heterocycles. The molecular formula is C18H19N3O4S. The average Bonchev–Trinajstić information content (AvgIpc) is 2.98. The normalized spacial score (nSPS) is 14.8. The number of aryl methyl sites for hydroxylation is 1. The topological polar surface area (TPSA) is 96.4 Å². The van der Waals surface area contributed by atoms with Crippen molar-refractivity contribution in [3.05, 3.63) is 54.4 Å². The third kappa shape index (κ3) is 4.14. The fourth-order valence-electron chi connectivity index (χ4n) is 2.77. The van der Waals surface area contributed by atoms with Gasteiger partial charge in [0, 0.05) is 31.8 Å². The quantitative estimate of drug-likeness (QED) is 0.588. The fourth-order valence-corrected chi connectivity index (χ4v) is 3.84. The third-order valence-corrected chi connectivity index (χ3v) is 5.59. The summed E-state index contributed by atoms with van der Waals surface area (Å²) < 4.78 is 27.2. The van der Waals surface area contributed by atoms with Gasteiger partial charge in [-0.3, -0.25) is 19.5 Å². The third-order valence-electron chi connectivity index (χ3n) is 4.11. The Hall–Kier alpha value is -2.58. The Morgan fingerprint density at radius 1 is 1.04 bits per heavy atom. The summed E-state index contributed by atoms with van der Waals surface area (Å²) in [4.78, 5) is 28.7. The van der Waals surface area contributed by atoms with E-state index in [9.17, 15) is 18.0 Å². The van der Waals surface area contributed by atoms with E-state index in [2.05, 4.69) is 9.71 Å². The minimum atomic E-state index is -3.64. The fraction of sp³-hybridized carbons (Fsp3) is 0.278. The van der Waals surface area contributed by atoms with E-state index in [1.165, 1.54) is 24.3 Å². The number of pyridine rings is 1. The van der Waals surface area contributed by atoms with Crippen molar-refractivity contribution in [1.29, 1.82) is 0 Å². The van der Waals surface area contributed by atoms with Gasteiger partial charge >= 0.3 is 0 Å². The second-order valence-corrected chi connectivity index (χ2v) is 7.75. The standard InChI is InChI=1S/C18H19N3O4S/c22-17-9-10-18(23)21(17)15-5-7-16(8-6-15)26(24,25)20-12-2-4-14-3-1-11-19-13-14/h1,3,5-8,11,13,20H,2,4,9-10,12H2. The van der Waals surface area contributed by atoms with E-state index in [4.69, 9.17) is 0 Å². The zero-order valence-electron chi connectivity index (χ0n) is 14.1. The van der Waals surface area contributed by atoms with Crippen LogP contribution < -0.4 is 9.62 Å². The van der Waals surface area contributed by atoms with Crippen LogP contribution in [-0.2, 0) is 26.0 Å². The molecule has 1 aromatic heterocycles. The van der Waals surface area contributed by atoms with Crippen LogP contribution in [0, 0.1) is 0 Å². The second kappa shape index (κ2) is 7.76. The highest BCUT2D eigenvalue weighted by atomic mass is 32.2. The molecule has 1 aromatic carbocycles. The van der Waals surface area contributed by atoms with Gasteiger partial charge in [-0.25, -0.2) is 13.1 Å². The van der Waals surface area contributed by atoms with Crippen molar-refractivity contribution in [3.63, 3.8) is 0 Å². The number of rotatable bonds is 7. The number of aromatic nitrogens is 1. The van der Waals surface area contributed by atoms with Gasteiger partial charge in [-0.15, -0.1) is 0 Å². The van der Waals surface area contributed by atoms with E-state index in [-0.39, 0.29) is 29.6 Å². The van der Waals surface area contributed by atoms with Gasteiger partial charge in [0.15, 0.2) is 0 Å². The molecule has 136 valence electrons. The maximum atomic E-state index is 12.3. The average molecular weight is 373 g/mol. The van der Waals surface area contributed by atoms with Crippen molar-refractivity contribution in [2.75, 3.05) is 11.4 Å². The molecule has 2 aromatic rings. The molecule has 0 aliphatic carbocycles. The Bertz CT molecular complexity index is 880. The molecule has 0 unspecified atom stereocenters. The number of hydrogen-bond donors (Lipinski definition) is 1. The van der Waals surface area contributed by atoms with Gasteiger partial charge in [0.2, 0.25) is 21.8 Å². The molecule has 1 saturated heterocycles. The first kappa shape index (κ1) is 18.2. The molecule has 0 spiro atoms. The second-order valence-electron chi connectivity index (χ2n) is 5.98. The van der Waals surface area contributed by atoms with Gasteiger partial charge in [0.1, 0.15) is 0 Å². The smallest absolute Gasteiger partial charge is 0.240 e. The summed E-state index contributed by atoms with van der Waals surface area (Å²) in [6.45, 7) is 0.308. The summed E-state index contributed by atoms with van der Waals surface area (Å²) in [5.74, 6) is -0.529. The lowest BCUT2D eigenvalue weighted by atomic mass is 10.2. The van der Waals surface area contributed by atoms with E-state index in [0.717, 1.165) is 16.9 Å². The molecule has 8 heteroatoms. The zero-order valence-corrected chi connectivity index (χ0v) is 14.9. The van der Waals surface area contributed by atoms with Crippen LogP contribution in [0.2, 0.25) is 0 Å². The maximum absolute atomic E-state index is 12.3. The molecule has 0 atom stereocenters. The zero-order chi connectivity index (χ0) is 18.6. The maximum Gasteiger partial charge on any atom is 0.240 e. The van der Waals surface area contributed by atoms with Gasteiger partial charge in [0.25, 0.3) is 0 Å². The van der Waals surface area contributed by atoms with Gasteiger partial charge in [0.05, 0.1) is 10.6 Å². The highest BCUT2D eigenvalue weighted by Gasteiger charge is 2.30. The summed E-state index contributed by atoms with van der Waals surface area (Å²) in [5, 5.41) is 0. The molecule has 1 aliphatic rings. The first-order valence-electron chi connectivity index (χ1n) is 8.32. The van der Waals surface area contributed by atoms with E-state index in [1.807, 2.05) is 12.1 Å². The molecule has 1 N–H and O–H groups in total. The summed E-state index contributed by atoms with van der Waals surface area (Å²) in [6.07, 6.45) is 5.22. The number of carbonyl (C=O) groups excluding carboxylic acids is 2. The van der Waals surface area contributed by atoms with Crippen molar-refractivity contribution in [1.82, 2.24) is 9.71 Å². The van der Waals surface area contributed by atoms with Crippen molar-refractivity contribution >= 4 is 27.5 Å². The van der Waals surface area contributed by atoms with Crippen LogP contribution in [-0.4, -0.2) is 31.8 Å². The number of nitrogens with zero attached hydrogens (tertiary/aromatic N) is 2. The van der Waals surface area contributed by atoms with Crippen LogP contribution in [0.3, 0.4) is 0 Å². The van der Waals surface area contributed by atoms with Crippen LogP contribution in [0.15, 0.2) is 53.7 Å². The Morgan fingerprint density at radius 2 is 1.73 bits per heavy atom. The minimum Gasteiger partial charge on any atom is -0.274 e. The van der Waals surface area contributed by atoms with Crippen LogP contribution in [0.4, 0.5) is 5.69 Å². The molecule has 0 bridgehead atoms. The van der Waals surface area contributed by atoms with E-state index in [1.54, 1.807) is 12.4 Å². The number of anilines is 1.